The van der Waals surface area contributed by atoms with E-state index in [-0.39, 0.29) is 37.0 Å². The molecule has 1 fully saturated rings. The van der Waals surface area contributed by atoms with Crippen LogP contribution >= 0.6 is 11.3 Å². The second kappa shape index (κ2) is 3.94. The lowest BCUT2D eigenvalue weighted by Gasteiger charge is -2.11. The molecule has 1 aliphatic heterocycles. The van der Waals surface area contributed by atoms with Crippen LogP contribution in [-0.4, -0.2) is 29.0 Å². The zero-order valence-electron chi connectivity index (χ0n) is 7.93. The van der Waals surface area contributed by atoms with Gasteiger partial charge >= 0.3 is 0 Å². The molecule has 0 bridgehead atoms. The number of hydrogen-bond donors (Lipinski definition) is 0. The molecule has 1 aromatic rings. The van der Waals surface area contributed by atoms with E-state index < -0.39 is 0 Å². The SMILES string of the molecule is O=C(CN1C(=O)CCC1=O)c1cccs1. The van der Waals surface area contributed by atoms with Crippen molar-refractivity contribution in [2.75, 3.05) is 6.54 Å². The van der Waals surface area contributed by atoms with Crippen molar-refractivity contribution < 1.29 is 14.4 Å². The highest BCUT2D eigenvalue weighted by atomic mass is 32.1. The van der Waals surface area contributed by atoms with Gasteiger partial charge in [0.1, 0.15) is 0 Å². The summed E-state index contributed by atoms with van der Waals surface area (Å²) >= 11 is 1.32. The van der Waals surface area contributed by atoms with Crippen LogP contribution in [0.5, 0.6) is 0 Å². The molecular formula is C10H9NO3S. The molecule has 0 aliphatic carbocycles. The molecule has 1 saturated heterocycles. The van der Waals surface area contributed by atoms with Gasteiger partial charge < -0.3 is 0 Å². The summed E-state index contributed by atoms with van der Waals surface area (Å²) in [6.45, 7) is -0.113. The topological polar surface area (TPSA) is 54.5 Å². The minimum absolute atomic E-state index is 0.113. The van der Waals surface area contributed by atoms with Crippen molar-refractivity contribution in [2.24, 2.45) is 0 Å². The number of rotatable bonds is 3. The minimum Gasteiger partial charge on any atom is -0.291 e. The van der Waals surface area contributed by atoms with Gasteiger partial charge in [0.25, 0.3) is 0 Å². The Hall–Kier alpha value is -1.49. The fraction of sp³-hybridized carbons (Fsp3) is 0.300. The van der Waals surface area contributed by atoms with Crippen molar-refractivity contribution >= 4 is 28.9 Å². The standard InChI is InChI=1S/C10H9NO3S/c12-7(8-2-1-5-15-8)6-11-9(13)3-4-10(11)14/h1-2,5H,3-4,6H2. The highest BCUT2D eigenvalue weighted by Crippen LogP contribution is 2.15. The molecule has 78 valence electrons. The number of carbonyl (C=O) groups excluding carboxylic acids is 3. The van der Waals surface area contributed by atoms with E-state index in [0.29, 0.717) is 4.88 Å². The van der Waals surface area contributed by atoms with Crippen LogP contribution in [0.1, 0.15) is 22.5 Å². The van der Waals surface area contributed by atoms with Crippen LogP contribution in [0.4, 0.5) is 0 Å². The van der Waals surface area contributed by atoms with Crippen molar-refractivity contribution in [3.63, 3.8) is 0 Å². The van der Waals surface area contributed by atoms with Gasteiger partial charge in [-0.05, 0) is 11.4 Å². The normalized spacial score (nSPS) is 16.1. The number of nitrogens with zero attached hydrogens (tertiary/aromatic N) is 1. The molecule has 5 heteroatoms. The van der Waals surface area contributed by atoms with Gasteiger partial charge in [0, 0.05) is 12.8 Å². The first-order valence-electron chi connectivity index (χ1n) is 4.58. The lowest BCUT2D eigenvalue weighted by molar-refractivity contribution is -0.137. The van der Waals surface area contributed by atoms with Gasteiger partial charge in [0.2, 0.25) is 11.8 Å². The van der Waals surface area contributed by atoms with Crippen LogP contribution < -0.4 is 0 Å². The summed E-state index contributed by atoms with van der Waals surface area (Å²) in [5.74, 6) is -0.664. The molecule has 0 N–H and O–H groups in total. The fourth-order valence-corrected chi connectivity index (χ4v) is 2.11. The number of thiophene rings is 1. The van der Waals surface area contributed by atoms with E-state index in [9.17, 15) is 14.4 Å². The van der Waals surface area contributed by atoms with E-state index in [1.807, 2.05) is 0 Å². The second-order valence-corrected chi connectivity index (χ2v) is 4.22. The Labute approximate surface area is 90.5 Å². The van der Waals surface area contributed by atoms with Gasteiger partial charge in [-0.3, -0.25) is 19.3 Å². The monoisotopic (exact) mass is 223 g/mol. The molecule has 0 spiro atoms. The molecule has 1 aromatic heterocycles. The summed E-state index contributed by atoms with van der Waals surface area (Å²) in [6.07, 6.45) is 0.465. The van der Waals surface area contributed by atoms with Gasteiger partial charge in [-0.1, -0.05) is 6.07 Å². The van der Waals surface area contributed by atoms with Crippen LogP contribution in [0.15, 0.2) is 17.5 Å². The second-order valence-electron chi connectivity index (χ2n) is 3.27. The number of ketones is 1. The zero-order chi connectivity index (χ0) is 10.8. The van der Waals surface area contributed by atoms with E-state index in [4.69, 9.17) is 0 Å². The smallest absolute Gasteiger partial charge is 0.230 e. The Morgan fingerprint density at radius 3 is 2.53 bits per heavy atom. The van der Waals surface area contributed by atoms with Crippen LogP contribution in [0.25, 0.3) is 0 Å². The van der Waals surface area contributed by atoms with Crippen molar-refractivity contribution in [3.05, 3.63) is 22.4 Å². The summed E-state index contributed by atoms with van der Waals surface area (Å²) < 4.78 is 0. The fourth-order valence-electron chi connectivity index (χ4n) is 1.46. The molecule has 1 aliphatic rings. The zero-order valence-corrected chi connectivity index (χ0v) is 8.75. The molecule has 0 radical (unpaired) electrons. The molecule has 15 heavy (non-hydrogen) atoms. The molecule has 4 nitrogen and oxygen atoms in total. The van der Waals surface area contributed by atoms with Gasteiger partial charge in [-0.25, -0.2) is 0 Å². The van der Waals surface area contributed by atoms with E-state index in [2.05, 4.69) is 0 Å². The lowest BCUT2D eigenvalue weighted by Crippen LogP contribution is -2.34. The van der Waals surface area contributed by atoms with Gasteiger partial charge in [0.15, 0.2) is 5.78 Å². The third kappa shape index (κ3) is 1.97. The first-order chi connectivity index (χ1) is 7.18. The van der Waals surface area contributed by atoms with E-state index in [1.165, 1.54) is 11.3 Å². The summed E-state index contributed by atoms with van der Waals surface area (Å²) in [6, 6.07) is 3.46. The van der Waals surface area contributed by atoms with E-state index >= 15 is 0 Å². The predicted molar refractivity (Wildman–Crippen MR) is 54.6 cm³/mol. The largest absolute Gasteiger partial charge is 0.291 e. The Balaban J connectivity index is 2.06. The van der Waals surface area contributed by atoms with Crippen LogP contribution in [0, 0.1) is 0 Å². The summed E-state index contributed by atoms with van der Waals surface area (Å²) in [5, 5.41) is 1.79. The summed E-state index contributed by atoms with van der Waals surface area (Å²) in [5.41, 5.74) is 0. The average Bonchev–Trinajstić information content (AvgIpc) is 2.82. The highest BCUT2D eigenvalue weighted by Gasteiger charge is 2.30. The van der Waals surface area contributed by atoms with Crippen LogP contribution in [0.3, 0.4) is 0 Å². The molecule has 2 rings (SSSR count). The minimum atomic E-state index is -0.245. The maximum Gasteiger partial charge on any atom is 0.230 e. The van der Waals surface area contributed by atoms with Crippen molar-refractivity contribution in [1.82, 2.24) is 4.90 Å². The molecular weight excluding hydrogens is 214 g/mol. The molecule has 0 atom stereocenters. The van der Waals surface area contributed by atoms with E-state index in [1.54, 1.807) is 17.5 Å². The number of hydrogen-bond acceptors (Lipinski definition) is 4. The quantitative estimate of drug-likeness (QED) is 0.569. The first kappa shape index (κ1) is 10.0. The first-order valence-corrected chi connectivity index (χ1v) is 5.46. The Morgan fingerprint density at radius 2 is 2.00 bits per heavy atom. The Morgan fingerprint density at radius 1 is 1.33 bits per heavy atom. The van der Waals surface area contributed by atoms with E-state index in [0.717, 1.165) is 4.90 Å². The number of amides is 2. The lowest BCUT2D eigenvalue weighted by atomic mass is 10.3. The van der Waals surface area contributed by atoms with Gasteiger partial charge in [-0.15, -0.1) is 11.3 Å². The summed E-state index contributed by atoms with van der Waals surface area (Å²) in [7, 11) is 0. The predicted octanol–water partition coefficient (Wildman–Crippen LogP) is 1.08. The van der Waals surface area contributed by atoms with Crippen LogP contribution in [-0.2, 0) is 9.59 Å². The van der Waals surface area contributed by atoms with Gasteiger partial charge in [-0.2, -0.15) is 0 Å². The molecule has 2 amide bonds. The van der Waals surface area contributed by atoms with Crippen LogP contribution in [0.2, 0.25) is 0 Å². The number of imide groups is 1. The number of Topliss-reactive ketones (excluding diaryl/α,β-unsaturated/α-hetero) is 1. The third-order valence-corrected chi connectivity index (χ3v) is 3.16. The molecule has 2 heterocycles. The maximum absolute atomic E-state index is 11.6. The van der Waals surface area contributed by atoms with Crippen molar-refractivity contribution in [3.8, 4) is 0 Å². The molecule has 0 unspecified atom stereocenters. The average molecular weight is 223 g/mol. The van der Waals surface area contributed by atoms with Crippen molar-refractivity contribution in [1.29, 1.82) is 0 Å². The number of likely N-dealkylation sites (tertiary alicyclic amines) is 1. The molecule has 0 aromatic carbocycles. The summed E-state index contributed by atoms with van der Waals surface area (Å²) in [4.78, 5) is 35.7. The number of carbonyl (C=O) groups is 3. The van der Waals surface area contributed by atoms with Gasteiger partial charge in [0.05, 0.1) is 11.4 Å². The Kier molecular flexibility index (Phi) is 2.64. The van der Waals surface area contributed by atoms with Crippen molar-refractivity contribution in [2.45, 2.75) is 12.8 Å². The molecule has 0 saturated carbocycles. The third-order valence-electron chi connectivity index (χ3n) is 2.25. The maximum atomic E-state index is 11.6. The Bertz CT molecular complexity index is 394. The highest BCUT2D eigenvalue weighted by molar-refractivity contribution is 7.12.